The van der Waals surface area contributed by atoms with E-state index >= 15 is 0 Å². The van der Waals surface area contributed by atoms with Gasteiger partial charge in [-0.1, -0.05) is 0 Å². The molecule has 0 bridgehead atoms. The summed E-state index contributed by atoms with van der Waals surface area (Å²) in [5.41, 5.74) is 1.49. The van der Waals surface area contributed by atoms with Crippen molar-refractivity contribution in [1.82, 2.24) is 0 Å². The van der Waals surface area contributed by atoms with Crippen molar-refractivity contribution in [3.8, 4) is 5.75 Å². The van der Waals surface area contributed by atoms with E-state index in [9.17, 15) is 4.79 Å². The molecule has 0 amide bonds. The number of carbonyl (C=O) groups excluding carboxylic acids is 1. The van der Waals surface area contributed by atoms with Gasteiger partial charge in [-0.05, 0) is 32.0 Å². The standard InChI is InChI=1S/C14H20O4/c1-11(2)18-7-6-17-10-13-8-12(9-15)4-5-14(13)16-3/h4-5,8-9,11H,6-7,10H2,1-3H3. The number of benzene rings is 1. The molecule has 1 aromatic carbocycles. The molecule has 0 radical (unpaired) electrons. The molecular formula is C14H20O4. The Labute approximate surface area is 108 Å². The van der Waals surface area contributed by atoms with E-state index in [1.807, 2.05) is 13.8 Å². The summed E-state index contributed by atoms with van der Waals surface area (Å²) in [5.74, 6) is 0.727. The van der Waals surface area contributed by atoms with Gasteiger partial charge in [-0.3, -0.25) is 4.79 Å². The van der Waals surface area contributed by atoms with Crippen LogP contribution in [0.15, 0.2) is 18.2 Å². The highest BCUT2D eigenvalue weighted by molar-refractivity contribution is 5.75. The lowest BCUT2D eigenvalue weighted by molar-refractivity contribution is 0.0139. The van der Waals surface area contributed by atoms with E-state index in [0.717, 1.165) is 17.6 Å². The van der Waals surface area contributed by atoms with Crippen LogP contribution in [0.25, 0.3) is 0 Å². The summed E-state index contributed by atoms with van der Waals surface area (Å²) < 4.78 is 16.1. The van der Waals surface area contributed by atoms with Crippen LogP contribution < -0.4 is 4.74 Å². The second-order valence-corrected chi connectivity index (χ2v) is 4.16. The maximum atomic E-state index is 10.7. The predicted octanol–water partition coefficient (Wildman–Crippen LogP) is 2.45. The molecule has 4 nitrogen and oxygen atoms in total. The van der Waals surface area contributed by atoms with Gasteiger partial charge in [0.15, 0.2) is 0 Å². The Hall–Kier alpha value is -1.39. The van der Waals surface area contributed by atoms with E-state index in [0.29, 0.717) is 25.4 Å². The molecule has 18 heavy (non-hydrogen) atoms. The number of carbonyl (C=O) groups is 1. The van der Waals surface area contributed by atoms with E-state index in [1.54, 1.807) is 25.3 Å². The van der Waals surface area contributed by atoms with Crippen LogP contribution >= 0.6 is 0 Å². The first-order valence-corrected chi connectivity index (χ1v) is 5.98. The first-order valence-electron chi connectivity index (χ1n) is 5.98. The number of ether oxygens (including phenoxy) is 3. The fraction of sp³-hybridized carbons (Fsp3) is 0.500. The Morgan fingerprint density at radius 2 is 2.06 bits per heavy atom. The van der Waals surface area contributed by atoms with Crippen LogP contribution in [0.3, 0.4) is 0 Å². The van der Waals surface area contributed by atoms with Gasteiger partial charge in [0, 0.05) is 11.1 Å². The summed E-state index contributed by atoms with van der Waals surface area (Å²) in [4.78, 5) is 10.7. The fourth-order valence-corrected chi connectivity index (χ4v) is 1.51. The Bertz CT molecular complexity index is 374. The molecule has 0 fully saturated rings. The molecule has 0 N–H and O–H groups in total. The van der Waals surface area contributed by atoms with Gasteiger partial charge in [-0.2, -0.15) is 0 Å². The highest BCUT2D eigenvalue weighted by atomic mass is 16.5. The van der Waals surface area contributed by atoms with Crippen LogP contribution in [0.4, 0.5) is 0 Å². The molecule has 1 aromatic rings. The van der Waals surface area contributed by atoms with Crippen molar-refractivity contribution in [3.05, 3.63) is 29.3 Å². The summed E-state index contributed by atoms with van der Waals surface area (Å²) >= 11 is 0. The van der Waals surface area contributed by atoms with Crippen molar-refractivity contribution in [3.63, 3.8) is 0 Å². The molecule has 0 aliphatic carbocycles. The molecule has 0 aliphatic rings. The third kappa shape index (κ3) is 4.85. The van der Waals surface area contributed by atoms with E-state index in [-0.39, 0.29) is 6.10 Å². The summed E-state index contributed by atoms with van der Waals surface area (Å²) in [6.07, 6.45) is 1.02. The molecule has 0 aliphatic heterocycles. The van der Waals surface area contributed by atoms with Gasteiger partial charge in [0.1, 0.15) is 12.0 Å². The molecule has 0 unspecified atom stereocenters. The second-order valence-electron chi connectivity index (χ2n) is 4.16. The summed E-state index contributed by atoms with van der Waals surface area (Å²) in [5, 5.41) is 0. The van der Waals surface area contributed by atoms with E-state index in [2.05, 4.69) is 0 Å². The minimum absolute atomic E-state index is 0.210. The van der Waals surface area contributed by atoms with Crippen LogP contribution in [-0.4, -0.2) is 32.7 Å². The molecule has 0 heterocycles. The van der Waals surface area contributed by atoms with E-state index < -0.39 is 0 Å². The minimum Gasteiger partial charge on any atom is -0.496 e. The average molecular weight is 252 g/mol. The van der Waals surface area contributed by atoms with Crippen molar-refractivity contribution < 1.29 is 19.0 Å². The number of rotatable bonds is 8. The normalized spacial score (nSPS) is 10.7. The Morgan fingerprint density at radius 3 is 2.67 bits per heavy atom. The van der Waals surface area contributed by atoms with Gasteiger partial charge in [0.05, 0.1) is 33.0 Å². The van der Waals surface area contributed by atoms with Crippen LogP contribution in [-0.2, 0) is 16.1 Å². The smallest absolute Gasteiger partial charge is 0.150 e. The zero-order chi connectivity index (χ0) is 13.4. The number of aldehydes is 1. The van der Waals surface area contributed by atoms with Crippen molar-refractivity contribution >= 4 is 6.29 Å². The number of hydrogen-bond acceptors (Lipinski definition) is 4. The van der Waals surface area contributed by atoms with Gasteiger partial charge >= 0.3 is 0 Å². The van der Waals surface area contributed by atoms with Crippen LogP contribution in [0.2, 0.25) is 0 Å². The Balaban J connectivity index is 2.47. The minimum atomic E-state index is 0.210. The maximum absolute atomic E-state index is 10.7. The zero-order valence-corrected chi connectivity index (χ0v) is 11.1. The highest BCUT2D eigenvalue weighted by Gasteiger charge is 2.04. The molecule has 100 valence electrons. The van der Waals surface area contributed by atoms with Crippen molar-refractivity contribution in [1.29, 1.82) is 0 Å². The Morgan fingerprint density at radius 1 is 1.28 bits per heavy atom. The molecular weight excluding hydrogens is 232 g/mol. The van der Waals surface area contributed by atoms with Crippen molar-refractivity contribution in [2.45, 2.75) is 26.6 Å². The number of hydrogen-bond donors (Lipinski definition) is 0. The third-order valence-electron chi connectivity index (χ3n) is 2.38. The van der Waals surface area contributed by atoms with Gasteiger partial charge < -0.3 is 14.2 Å². The predicted molar refractivity (Wildman–Crippen MR) is 69.1 cm³/mol. The highest BCUT2D eigenvalue weighted by Crippen LogP contribution is 2.20. The SMILES string of the molecule is COc1ccc(C=O)cc1COCCOC(C)C. The number of methoxy groups -OCH3 is 1. The van der Waals surface area contributed by atoms with Crippen molar-refractivity contribution in [2.75, 3.05) is 20.3 Å². The monoisotopic (exact) mass is 252 g/mol. The van der Waals surface area contributed by atoms with E-state index in [1.165, 1.54) is 0 Å². The third-order valence-corrected chi connectivity index (χ3v) is 2.38. The topological polar surface area (TPSA) is 44.8 Å². The first-order chi connectivity index (χ1) is 8.67. The second kappa shape index (κ2) is 7.84. The lowest BCUT2D eigenvalue weighted by atomic mass is 10.1. The first kappa shape index (κ1) is 14.7. The maximum Gasteiger partial charge on any atom is 0.150 e. The zero-order valence-electron chi connectivity index (χ0n) is 11.1. The van der Waals surface area contributed by atoms with Crippen LogP contribution in [0.1, 0.15) is 29.8 Å². The van der Waals surface area contributed by atoms with E-state index in [4.69, 9.17) is 14.2 Å². The van der Waals surface area contributed by atoms with Gasteiger partial charge in [0.25, 0.3) is 0 Å². The van der Waals surface area contributed by atoms with Crippen LogP contribution in [0.5, 0.6) is 5.75 Å². The average Bonchev–Trinajstić information content (AvgIpc) is 2.37. The lowest BCUT2D eigenvalue weighted by Gasteiger charge is -2.11. The summed E-state index contributed by atoms with van der Waals surface area (Å²) in [7, 11) is 1.60. The molecule has 0 atom stereocenters. The fourth-order valence-electron chi connectivity index (χ4n) is 1.51. The lowest BCUT2D eigenvalue weighted by Crippen LogP contribution is -2.09. The quantitative estimate of drug-likeness (QED) is 0.526. The molecule has 0 aromatic heterocycles. The molecule has 0 saturated carbocycles. The molecule has 4 heteroatoms. The Kier molecular flexibility index (Phi) is 6.39. The van der Waals surface area contributed by atoms with Gasteiger partial charge in [-0.15, -0.1) is 0 Å². The molecule has 0 spiro atoms. The summed E-state index contributed by atoms with van der Waals surface area (Å²) in [6, 6.07) is 5.26. The largest absolute Gasteiger partial charge is 0.496 e. The van der Waals surface area contributed by atoms with Gasteiger partial charge in [0.2, 0.25) is 0 Å². The van der Waals surface area contributed by atoms with Gasteiger partial charge in [-0.25, -0.2) is 0 Å². The molecule has 0 saturated heterocycles. The van der Waals surface area contributed by atoms with Crippen molar-refractivity contribution in [2.24, 2.45) is 0 Å². The molecule has 1 rings (SSSR count). The summed E-state index contributed by atoms with van der Waals surface area (Å²) in [6.45, 7) is 5.46. The van der Waals surface area contributed by atoms with Crippen LogP contribution in [0, 0.1) is 0 Å².